The molecule has 0 atom stereocenters. The minimum atomic E-state index is -1.14. The van der Waals surface area contributed by atoms with E-state index in [1.54, 1.807) is 10.6 Å². The third kappa shape index (κ3) is 4.48. The summed E-state index contributed by atoms with van der Waals surface area (Å²) in [5.41, 5.74) is 2.90. The Bertz CT molecular complexity index is 1280. The van der Waals surface area contributed by atoms with E-state index in [9.17, 15) is 19.8 Å². The Morgan fingerprint density at radius 2 is 1.35 bits per heavy atom. The van der Waals surface area contributed by atoms with Gasteiger partial charge in [0.2, 0.25) is 11.2 Å². The molecule has 0 saturated carbocycles. The maximum Gasteiger partial charge on any atom is 0.373 e. The Kier molecular flexibility index (Phi) is 5.79. The Hall–Kier alpha value is -3.94. The molecule has 4 aromatic rings. The van der Waals surface area contributed by atoms with Crippen molar-refractivity contribution >= 4 is 40.2 Å². The third-order valence-corrected chi connectivity index (χ3v) is 4.95. The number of hydrogen-bond acceptors (Lipinski definition) is 6. The Morgan fingerprint density at radius 3 is 2.00 bits per heavy atom. The lowest BCUT2D eigenvalue weighted by atomic mass is 10.3. The highest BCUT2D eigenvalue weighted by Gasteiger charge is 2.23. The summed E-state index contributed by atoms with van der Waals surface area (Å²) in [5, 5.41) is 21.9. The van der Waals surface area contributed by atoms with Crippen LogP contribution in [0.3, 0.4) is 0 Å². The van der Waals surface area contributed by atoms with E-state index in [1.165, 1.54) is 0 Å². The molecule has 0 saturated heterocycles. The number of hydrogen-bond donors (Lipinski definition) is 0. The molecule has 8 heteroatoms. The topological polar surface area (TPSA) is 114 Å². The van der Waals surface area contributed by atoms with Gasteiger partial charge in [-0.3, -0.25) is 0 Å². The monoisotopic (exact) mass is 420 g/mol. The molecule has 0 fully saturated rings. The van der Waals surface area contributed by atoms with Crippen molar-refractivity contribution in [1.82, 2.24) is 0 Å². The average Bonchev–Trinajstić information content (AvgIpc) is 3.28. The molecule has 0 unspecified atom stereocenters. The van der Waals surface area contributed by atoms with E-state index in [2.05, 4.69) is 0 Å². The van der Waals surface area contributed by atoms with Gasteiger partial charge in [0.25, 0.3) is 11.0 Å². The minimum Gasteiger partial charge on any atom is -0.550 e. The summed E-state index contributed by atoms with van der Waals surface area (Å²) in [7, 11) is 0. The smallest absolute Gasteiger partial charge is 0.373 e. The highest BCUT2D eigenvalue weighted by atomic mass is 16.4. The average molecular weight is 420 g/mol. The van der Waals surface area contributed by atoms with Gasteiger partial charge in [-0.05, 0) is 12.1 Å². The molecule has 0 spiro atoms. The number of allylic oxidation sites excluding steroid dienone is 1. The van der Waals surface area contributed by atoms with E-state index in [1.807, 2.05) is 59.2 Å². The minimum absolute atomic E-state index is 0.127. The van der Waals surface area contributed by atoms with Gasteiger partial charge in [0.15, 0.2) is 13.1 Å². The van der Waals surface area contributed by atoms with Gasteiger partial charge in [0.1, 0.15) is 0 Å². The van der Waals surface area contributed by atoms with Crippen LogP contribution in [0, 0.1) is 0 Å². The summed E-state index contributed by atoms with van der Waals surface area (Å²) in [5.74, 6) is -1.17. The van der Waals surface area contributed by atoms with Crippen molar-refractivity contribution < 1.29 is 37.8 Å². The lowest BCUT2D eigenvalue weighted by molar-refractivity contribution is -0.683. The fourth-order valence-corrected chi connectivity index (χ4v) is 3.55. The molecule has 0 aliphatic heterocycles. The first-order chi connectivity index (χ1) is 15.0. The van der Waals surface area contributed by atoms with Gasteiger partial charge in [-0.25, -0.2) is 0 Å². The number of rotatable bonds is 9. The largest absolute Gasteiger partial charge is 0.550 e. The van der Waals surface area contributed by atoms with Crippen LogP contribution < -0.4 is 19.3 Å². The number of carbonyl (C=O) groups is 2. The normalized spacial score (nSPS) is 11.6. The van der Waals surface area contributed by atoms with Gasteiger partial charge in [-0.1, -0.05) is 30.3 Å². The number of oxazole rings is 2. The van der Waals surface area contributed by atoms with Gasteiger partial charge in [0.05, 0.1) is 6.42 Å². The molecule has 2 heterocycles. The predicted molar refractivity (Wildman–Crippen MR) is 105 cm³/mol. The molecule has 8 nitrogen and oxygen atoms in total. The van der Waals surface area contributed by atoms with Crippen LogP contribution >= 0.6 is 0 Å². The number of aromatic nitrogens is 2. The van der Waals surface area contributed by atoms with Crippen molar-refractivity contribution in [2.75, 3.05) is 0 Å². The summed E-state index contributed by atoms with van der Waals surface area (Å²) >= 11 is 0. The zero-order chi connectivity index (χ0) is 21.8. The number of aliphatic carboxylic acids is 2. The fourth-order valence-electron chi connectivity index (χ4n) is 3.55. The summed E-state index contributed by atoms with van der Waals surface area (Å²) < 4.78 is 15.4. The highest BCUT2D eigenvalue weighted by Crippen LogP contribution is 2.17. The van der Waals surface area contributed by atoms with Crippen LogP contribution in [-0.2, 0) is 29.1 Å². The van der Waals surface area contributed by atoms with E-state index in [0.717, 1.165) is 11.0 Å². The molecular weight excluding hydrogens is 400 g/mol. The van der Waals surface area contributed by atoms with E-state index >= 15 is 0 Å². The summed E-state index contributed by atoms with van der Waals surface area (Å²) in [6, 6.07) is 14.8. The summed E-state index contributed by atoms with van der Waals surface area (Å²) in [6.07, 6.45) is 3.71. The summed E-state index contributed by atoms with van der Waals surface area (Å²) in [6.45, 7) is 0.452. The van der Waals surface area contributed by atoms with E-state index in [-0.39, 0.29) is 25.9 Å². The standard InChI is InChI=1S/C23H20N2O6/c26-22(27)12-14-24-16-6-1-3-8-18(16)30-20(24)10-5-11-21-25(15-13-23(28)29)17-7-2-4-9-19(17)31-21/h1-10H,11-15H2/b10-5+. The first-order valence-electron chi connectivity index (χ1n) is 9.91. The molecule has 2 aromatic carbocycles. The van der Waals surface area contributed by atoms with Crippen LogP contribution in [0.25, 0.3) is 28.3 Å². The predicted octanol–water partition coefficient (Wildman–Crippen LogP) is 0.290. The number of benzene rings is 2. The molecule has 0 radical (unpaired) electrons. The zero-order valence-corrected chi connectivity index (χ0v) is 16.7. The molecule has 0 amide bonds. The lowest BCUT2D eigenvalue weighted by Gasteiger charge is -1.98. The molecule has 0 bridgehead atoms. The van der Waals surface area contributed by atoms with Gasteiger partial charge in [-0.2, -0.15) is 9.13 Å². The van der Waals surface area contributed by atoms with Gasteiger partial charge in [-0.15, -0.1) is 0 Å². The Balaban J connectivity index is 1.63. The van der Waals surface area contributed by atoms with Crippen LogP contribution in [0.5, 0.6) is 0 Å². The fraction of sp³-hybridized carbons (Fsp3) is 0.217. The number of carboxylic acid groups (broad SMARTS) is 2. The quantitative estimate of drug-likeness (QED) is 0.360. The molecule has 31 heavy (non-hydrogen) atoms. The lowest BCUT2D eigenvalue weighted by Crippen LogP contribution is -2.39. The van der Waals surface area contributed by atoms with Crippen molar-refractivity contribution in [3.8, 4) is 0 Å². The van der Waals surface area contributed by atoms with E-state index < -0.39 is 11.9 Å². The molecule has 158 valence electrons. The van der Waals surface area contributed by atoms with Crippen LogP contribution in [0.4, 0.5) is 0 Å². The van der Waals surface area contributed by atoms with Crippen LogP contribution in [-0.4, -0.2) is 11.9 Å². The number of para-hydroxylation sites is 4. The summed E-state index contributed by atoms with van der Waals surface area (Å²) in [4.78, 5) is 21.9. The second-order valence-electron chi connectivity index (χ2n) is 7.03. The zero-order valence-electron chi connectivity index (χ0n) is 16.7. The second-order valence-corrected chi connectivity index (χ2v) is 7.03. The van der Waals surface area contributed by atoms with Crippen molar-refractivity contribution in [3.05, 3.63) is 66.4 Å². The number of aryl methyl sites for hydroxylation is 2. The Morgan fingerprint density at radius 1 is 0.806 bits per heavy atom. The van der Waals surface area contributed by atoms with Crippen molar-refractivity contribution in [3.63, 3.8) is 0 Å². The van der Waals surface area contributed by atoms with E-state index in [4.69, 9.17) is 8.83 Å². The number of carbonyl (C=O) groups excluding carboxylic acids is 2. The van der Waals surface area contributed by atoms with Crippen molar-refractivity contribution in [2.24, 2.45) is 0 Å². The number of fused-ring (bicyclic) bond motifs is 2. The maximum atomic E-state index is 10.9. The maximum absolute atomic E-state index is 10.9. The molecule has 2 aromatic heterocycles. The molecule has 4 rings (SSSR count). The molecule has 0 aliphatic carbocycles. The third-order valence-electron chi connectivity index (χ3n) is 4.95. The van der Waals surface area contributed by atoms with Gasteiger partial charge >= 0.3 is 11.8 Å². The number of nitrogens with zero attached hydrogens (tertiary/aromatic N) is 2. The molecule has 0 aliphatic rings. The van der Waals surface area contributed by atoms with Crippen LogP contribution in [0.1, 0.15) is 24.6 Å². The first kappa shape index (κ1) is 20.3. The molecule has 0 N–H and O–H groups in total. The van der Waals surface area contributed by atoms with Crippen molar-refractivity contribution in [1.29, 1.82) is 0 Å². The van der Waals surface area contributed by atoms with Crippen molar-refractivity contribution in [2.45, 2.75) is 32.4 Å². The number of carboxylic acids is 2. The van der Waals surface area contributed by atoms with Crippen LogP contribution in [0.2, 0.25) is 0 Å². The Labute approximate surface area is 177 Å². The molecular formula is C23H20N2O6. The first-order valence-corrected chi connectivity index (χ1v) is 9.91. The van der Waals surface area contributed by atoms with Gasteiger partial charge in [0, 0.05) is 43.0 Å². The highest BCUT2D eigenvalue weighted by molar-refractivity contribution is 5.70. The van der Waals surface area contributed by atoms with Crippen LogP contribution in [0.15, 0.2) is 63.4 Å². The van der Waals surface area contributed by atoms with E-state index in [0.29, 0.717) is 29.4 Å². The SMILES string of the molecule is O=C([O-])CC[n+]1c(/C=C/Cc2oc3ccccc3[n+]2CCC(=O)[O-])oc2ccccc21. The van der Waals surface area contributed by atoms with Gasteiger partial charge < -0.3 is 28.6 Å². The second kappa shape index (κ2) is 8.83.